The van der Waals surface area contributed by atoms with Gasteiger partial charge in [0.2, 0.25) is 0 Å². The molecule has 0 aliphatic carbocycles. The molecule has 0 saturated carbocycles. The third-order valence-corrected chi connectivity index (χ3v) is 3.85. The van der Waals surface area contributed by atoms with Crippen molar-refractivity contribution in [2.75, 3.05) is 26.1 Å². The van der Waals surface area contributed by atoms with E-state index in [1.54, 1.807) is 26.4 Å². The number of para-hydroxylation sites is 1. The fourth-order valence-electron chi connectivity index (χ4n) is 2.36. The molecule has 6 heteroatoms. The Balaban J connectivity index is 1.92. The van der Waals surface area contributed by atoms with Crippen LogP contribution in [0.1, 0.15) is 11.1 Å². The molecular weight excluding hydrogens is 328 g/mol. The van der Waals surface area contributed by atoms with E-state index in [-0.39, 0.29) is 6.03 Å². The van der Waals surface area contributed by atoms with Crippen molar-refractivity contribution < 1.29 is 14.3 Å². The number of anilines is 1. The smallest absolute Gasteiger partial charge is 0.319 e. The Morgan fingerprint density at radius 1 is 1.17 bits per heavy atom. The maximum atomic E-state index is 12.0. The first-order valence-electron chi connectivity index (χ1n) is 7.56. The zero-order valence-electron chi connectivity index (χ0n) is 14.0. The molecule has 0 spiro atoms. The molecule has 2 rings (SSSR count). The predicted molar refractivity (Wildman–Crippen MR) is 96.5 cm³/mol. The molecule has 0 aromatic heterocycles. The average Bonchev–Trinajstić information content (AvgIpc) is 2.57. The lowest BCUT2D eigenvalue weighted by molar-refractivity contribution is 0.252. The second kappa shape index (κ2) is 8.45. The molecule has 0 atom stereocenters. The molecule has 2 amide bonds. The number of amides is 2. The molecule has 128 valence electrons. The van der Waals surface area contributed by atoms with Gasteiger partial charge in [-0.15, -0.1) is 0 Å². The Kier molecular flexibility index (Phi) is 6.32. The van der Waals surface area contributed by atoms with Crippen LogP contribution >= 0.6 is 11.6 Å². The molecule has 0 aliphatic rings. The quantitative estimate of drug-likeness (QED) is 0.828. The SMILES string of the molecule is COc1cccc(CCNC(=O)Nc2cc(Cl)ccc2C)c1OC. The van der Waals surface area contributed by atoms with Gasteiger partial charge in [0.25, 0.3) is 0 Å². The molecule has 2 N–H and O–H groups in total. The number of nitrogens with one attached hydrogen (secondary N) is 2. The van der Waals surface area contributed by atoms with E-state index in [1.165, 1.54) is 0 Å². The lowest BCUT2D eigenvalue weighted by Crippen LogP contribution is -2.30. The fraction of sp³-hybridized carbons (Fsp3) is 0.278. The van der Waals surface area contributed by atoms with Crippen LogP contribution in [0.3, 0.4) is 0 Å². The van der Waals surface area contributed by atoms with Crippen molar-refractivity contribution in [3.63, 3.8) is 0 Å². The minimum absolute atomic E-state index is 0.276. The van der Waals surface area contributed by atoms with Crippen molar-refractivity contribution in [3.8, 4) is 11.5 Å². The summed E-state index contributed by atoms with van der Waals surface area (Å²) in [5.74, 6) is 1.36. The Morgan fingerprint density at radius 2 is 1.96 bits per heavy atom. The highest BCUT2D eigenvalue weighted by atomic mass is 35.5. The molecule has 0 heterocycles. The summed E-state index contributed by atoms with van der Waals surface area (Å²) in [5.41, 5.74) is 2.61. The summed E-state index contributed by atoms with van der Waals surface area (Å²) in [4.78, 5) is 12.0. The van der Waals surface area contributed by atoms with Crippen LogP contribution in [-0.2, 0) is 6.42 Å². The van der Waals surface area contributed by atoms with E-state index in [2.05, 4.69) is 10.6 Å². The number of halogens is 1. The van der Waals surface area contributed by atoms with E-state index in [4.69, 9.17) is 21.1 Å². The first-order valence-corrected chi connectivity index (χ1v) is 7.93. The number of urea groups is 1. The van der Waals surface area contributed by atoms with Gasteiger partial charge in [0, 0.05) is 17.3 Å². The van der Waals surface area contributed by atoms with Crippen molar-refractivity contribution in [1.29, 1.82) is 0 Å². The minimum atomic E-state index is -0.276. The summed E-state index contributed by atoms with van der Waals surface area (Å²) >= 11 is 5.95. The largest absolute Gasteiger partial charge is 0.493 e. The van der Waals surface area contributed by atoms with Crippen LogP contribution in [0.2, 0.25) is 5.02 Å². The maximum absolute atomic E-state index is 12.0. The summed E-state index contributed by atoms with van der Waals surface area (Å²) in [5, 5.41) is 6.20. The molecule has 0 aliphatic heterocycles. The third-order valence-electron chi connectivity index (χ3n) is 3.61. The first-order chi connectivity index (χ1) is 11.5. The number of rotatable bonds is 6. The van der Waals surface area contributed by atoms with Gasteiger partial charge in [0.1, 0.15) is 0 Å². The van der Waals surface area contributed by atoms with Gasteiger partial charge in [-0.25, -0.2) is 4.79 Å². The standard InChI is InChI=1S/C18H21ClN2O3/c1-12-7-8-14(19)11-15(12)21-18(22)20-10-9-13-5-4-6-16(23-2)17(13)24-3/h4-8,11H,9-10H2,1-3H3,(H2,20,21,22). The second-order valence-corrected chi connectivity index (χ2v) is 5.68. The van der Waals surface area contributed by atoms with E-state index < -0.39 is 0 Å². The van der Waals surface area contributed by atoms with Gasteiger partial charge in [-0.3, -0.25) is 0 Å². The van der Waals surface area contributed by atoms with Gasteiger partial charge in [0.05, 0.1) is 14.2 Å². The Labute approximate surface area is 146 Å². The summed E-state index contributed by atoms with van der Waals surface area (Å²) in [6.07, 6.45) is 0.627. The lowest BCUT2D eigenvalue weighted by Gasteiger charge is -2.13. The summed E-state index contributed by atoms with van der Waals surface area (Å²) in [7, 11) is 3.20. The Morgan fingerprint density at radius 3 is 2.67 bits per heavy atom. The first kappa shape index (κ1) is 17.9. The fourth-order valence-corrected chi connectivity index (χ4v) is 2.53. The van der Waals surface area contributed by atoms with Crippen molar-refractivity contribution in [2.45, 2.75) is 13.3 Å². The highest BCUT2D eigenvalue weighted by molar-refractivity contribution is 6.31. The van der Waals surface area contributed by atoms with Gasteiger partial charge in [-0.1, -0.05) is 29.8 Å². The molecule has 0 unspecified atom stereocenters. The van der Waals surface area contributed by atoms with Crippen LogP contribution in [0, 0.1) is 6.92 Å². The van der Waals surface area contributed by atoms with E-state index in [9.17, 15) is 4.79 Å². The number of methoxy groups -OCH3 is 2. The molecule has 0 bridgehead atoms. The van der Waals surface area contributed by atoms with Gasteiger partial charge in [0.15, 0.2) is 11.5 Å². The molecule has 0 radical (unpaired) electrons. The third kappa shape index (κ3) is 4.55. The van der Waals surface area contributed by atoms with Crippen molar-refractivity contribution in [3.05, 3.63) is 52.5 Å². The Hall–Kier alpha value is -2.40. The van der Waals surface area contributed by atoms with Crippen LogP contribution in [0.25, 0.3) is 0 Å². The van der Waals surface area contributed by atoms with Crippen LogP contribution < -0.4 is 20.1 Å². The lowest BCUT2D eigenvalue weighted by atomic mass is 10.1. The maximum Gasteiger partial charge on any atom is 0.319 e. The van der Waals surface area contributed by atoms with Gasteiger partial charge in [-0.05, 0) is 42.7 Å². The van der Waals surface area contributed by atoms with Crippen LogP contribution in [0.4, 0.5) is 10.5 Å². The molecular formula is C18H21ClN2O3. The number of hydrogen-bond acceptors (Lipinski definition) is 3. The van der Waals surface area contributed by atoms with Crippen LogP contribution in [0.5, 0.6) is 11.5 Å². The Bertz CT molecular complexity index is 719. The van der Waals surface area contributed by atoms with Gasteiger partial charge < -0.3 is 20.1 Å². The van der Waals surface area contributed by atoms with Crippen LogP contribution in [0.15, 0.2) is 36.4 Å². The average molecular weight is 349 g/mol. The normalized spacial score (nSPS) is 10.2. The number of hydrogen-bond donors (Lipinski definition) is 2. The minimum Gasteiger partial charge on any atom is -0.493 e. The van der Waals surface area contributed by atoms with Crippen LogP contribution in [-0.4, -0.2) is 26.8 Å². The monoisotopic (exact) mass is 348 g/mol. The number of benzene rings is 2. The molecule has 24 heavy (non-hydrogen) atoms. The zero-order valence-corrected chi connectivity index (χ0v) is 14.7. The zero-order chi connectivity index (χ0) is 17.5. The van der Waals surface area contributed by atoms with Gasteiger partial charge >= 0.3 is 6.03 Å². The van der Waals surface area contributed by atoms with E-state index in [0.717, 1.165) is 11.1 Å². The molecule has 2 aromatic carbocycles. The molecule has 0 saturated heterocycles. The topological polar surface area (TPSA) is 59.6 Å². The van der Waals surface area contributed by atoms with Crippen molar-refractivity contribution >= 4 is 23.3 Å². The van der Waals surface area contributed by atoms with E-state index >= 15 is 0 Å². The highest BCUT2D eigenvalue weighted by Gasteiger charge is 2.10. The number of aryl methyl sites for hydroxylation is 1. The summed E-state index contributed by atoms with van der Waals surface area (Å²) in [6.45, 7) is 2.38. The molecule has 2 aromatic rings. The predicted octanol–water partition coefficient (Wildman–Crippen LogP) is 4.03. The summed E-state index contributed by atoms with van der Waals surface area (Å²) in [6, 6.07) is 10.8. The second-order valence-electron chi connectivity index (χ2n) is 5.24. The van der Waals surface area contributed by atoms with Gasteiger partial charge in [-0.2, -0.15) is 0 Å². The van der Waals surface area contributed by atoms with E-state index in [0.29, 0.717) is 35.2 Å². The van der Waals surface area contributed by atoms with Crippen molar-refractivity contribution in [1.82, 2.24) is 5.32 Å². The summed E-state index contributed by atoms with van der Waals surface area (Å²) < 4.78 is 10.7. The molecule has 0 fully saturated rings. The number of carbonyl (C=O) groups is 1. The number of carbonyl (C=O) groups excluding carboxylic acids is 1. The van der Waals surface area contributed by atoms with Crippen molar-refractivity contribution in [2.24, 2.45) is 0 Å². The highest BCUT2D eigenvalue weighted by Crippen LogP contribution is 2.30. The number of ether oxygens (including phenoxy) is 2. The van der Waals surface area contributed by atoms with E-state index in [1.807, 2.05) is 31.2 Å². The molecule has 5 nitrogen and oxygen atoms in total.